The van der Waals surface area contributed by atoms with Crippen molar-refractivity contribution in [2.45, 2.75) is 11.8 Å². The van der Waals surface area contributed by atoms with Crippen LogP contribution in [0.25, 0.3) is 0 Å². The van der Waals surface area contributed by atoms with E-state index in [4.69, 9.17) is 11.6 Å². The summed E-state index contributed by atoms with van der Waals surface area (Å²) in [7, 11) is -4.12. The van der Waals surface area contributed by atoms with Crippen LogP contribution >= 0.6 is 11.6 Å². The van der Waals surface area contributed by atoms with Crippen molar-refractivity contribution in [3.8, 4) is 0 Å². The molecule has 3 aromatic rings. The number of halogens is 3. The molecule has 9 heteroatoms. The number of hydrogen-bond acceptors (Lipinski definition) is 3. The standard InChI is InChI=1S/C20H15ClF2N2O3S/c1-12-4-2-5-14(10-12)25-29(27,28)18-11-13(8-9-15(18)21)20(26)24-19-16(22)6-3-7-17(19)23/h2-11,25H,1H3,(H,24,26). The van der Waals surface area contributed by atoms with Gasteiger partial charge in [-0.25, -0.2) is 17.2 Å². The molecule has 0 aliphatic heterocycles. The second-order valence-corrected chi connectivity index (χ2v) is 8.23. The summed E-state index contributed by atoms with van der Waals surface area (Å²) < 4.78 is 55.3. The number of rotatable bonds is 5. The van der Waals surface area contributed by atoms with Crippen molar-refractivity contribution in [2.24, 2.45) is 0 Å². The molecule has 0 bridgehead atoms. The number of nitrogens with one attached hydrogen (secondary N) is 2. The van der Waals surface area contributed by atoms with Crippen LogP contribution in [0.5, 0.6) is 0 Å². The average molecular weight is 437 g/mol. The Bertz CT molecular complexity index is 1180. The van der Waals surface area contributed by atoms with E-state index < -0.39 is 33.3 Å². The van der Waals surface area contributed by atoms with Crippen molar-refractivity contribution < 1.29 is 22.0 Å². The molecule has 5 nitrogen and oxygen atoms in total. The van der Waals surface area contributed by atoms with E-state index in [-0.39, 0.29) is 15.5 Å². The molecule has 0 radical (unpaired) electrons. The van der Waals surface area contributed by atoms with Crippen LogP contribution < -0.4 is 10.0 Å². The Morgan fingerprint density at radius 2 is 1.62 bits per heavy atom. The monoisotopic (exact) mass is 436 g/mol. The van der Waals surface area contributed by atoms with Gasteiger partial charge >= 0.3 is 0 Å². The maximum absolute atomic E-state index is 13.8. The van der Waals surface area contributed by atoms with Gasteiger partial charge in [0.25, 0.3) is 15.9 Å². The highest BCUT2D eigenvalue weighted by atomic mass is 35.5. The van der Waals surface area contributed by atoms with Crippen molar-refractivity contribution in [2.75, 3.05) is 10.0 Å². The Hall–Kier alpha value is -2.97. The van der Waals surface area contributed by atoms with Gasteiger partial charge in [0.2, 0.25) is 0 Å². The van der Waals surface area contributed by atoms with Crippen LogP contribution in [0.15, 0.2) is 65.6 Å². The van der Waals surface area contributed by atoms with Gasteiger partial charge in [-0.05, 0) is 55.0 Å². The Kier molecular flexibility index (Phi) is 5.86. The summed E-state index contributed by atoms with van der Waals surface area (Å²) in [4.78, 5) is 12.1. The zero-order chi connectivity index (χ0) is 21.2. The molecule has 3 rings (SSSR count). The maximum Gasteiger partial charge on any atom is 0.263 e. The van der Waals surface area contributed by atoms with Gasteiger partial charge in [-0.15, -0.1) is 0 Å². The zero-order valence-electron chi connectivity index (χ0n) is 15.0. The molecule has 0 unspecified atom stereocenters. The van der Waals surface area contributed by atoms with E-state index in [9.17, 15) is 22.0 Å². The Labute approximate surface area is 171 Å². The SMILES string of the molecule is Cc1cccc(NS(=O)(=O)c2cc(C(=O)Nc3c(F)cccc3F)ccc2Cl)c1. The normalized spacial score (nSPS) is 11.2. The fraction of sp³-hybridized carbons (Fsp3) is 0.0500. The van der Waals surface area contributed by atoms with E-state index in [1.807, 2.05) is 0 Å². The first kappa shape index (κ1) is 20.8. The largest absolute Gasteiger partial charge is 0.317 e. The predicted octanol–water partition coefficient (Wildman–Crippen LogP) is 4.98. The Balaban J connectivity index is 1.92. The van der Waals surface area contributed by atoms with Crippen LogP contribution in [0.1, 0.15) is 15.9 Å². The number of carbonyl (C=O) groups excluding carboxylic acids is 1. The van der Waals surface area contributed by atoms with Crippen molar-refractivity contribution >= 4 is 38.9 Å². The topological polar surface area (TPSA) is 75.3 Å². The molecule has 0 fully saturated rings. The number of hydrogen-bond donors (Lipinski definition) is 2. The molecule has 0 saturated heterocycles. The van der Waals surface area contributed by atoms with Gasteiger partial charge in [-0.3, -0.25) is 9.52 Å². The van der Waals surface area contributed by atoms with Crippen molar-refractivity contribution in [1.82, 2.24) is 0 Å². The van der Waals surface area contributed by atoms with Crippen LogP contribution in [0.4, 0.5) is 20.2 Å². The molecule has 2 N–H and O–H groups in total. The van der Waals surface area contributed by atoms with Gasteiger partial charge in [0.05, 0.1) is 5.02 Å². The molecule has 150 valence electrons. The second kappa shape index (κ2) is 8.18. The van der Waals surface area contributed by atoms with Gasteiger partial charge in [-0.1, -0.05) is 29.8 Å². The van der Waals surface area contributed by atoms with Crippen LogP contribution in [0.3, 0.4) is 0 Å². The molecular weight excluding hydrogens is 422 g/mol. The van der Waals surface area contributed by atoms with Crippen molar-refractivity contribution in [3.05, 3.63) is 88.4 Å². The third-order valence-electron chi connectivity index (χ3n) is 3.95. The third-order valence-corrected chi connectivity index (χ3v) is 5.82. The first-order valence-electron chi connectivity index (χ1n) is 8.32. The lowest BCUT2D eigenvalue weighted by Crippen LogP contribution is -2.17. The van der Waals surface area contributed by atoms with E-state index >= 15 is 0 Å². The van der Waals surface area contributed by atoms with Gasteiger partial charge in [0.15, 0.2) is 0 Å². The lowest BCUT2D eigenvalue weighted by molar-refractivity contribution is 0.102. The highest BCUT2D eigenvalue weighted by Gasteiger charge is 2.21. The van der Waals surface area contributed by atoms with Gasteiger partial charge in [-0.2, -0.15) is 0 Å². The molecule has 0 aliphatic rings. The quantitative estimate of drug-likeness (QED) is 0.592. The Morgan fingerprint density at radius 1 is 0.966 bits per heavy atom. The molecule has 0 saturated carbocycles. The number of aryl methyl sites for hydroxylation is 1. The average Bonchev–Trinajstić information content (AvgIpc) is 2.64. The molecule has 0 heterocycles. The Morgan fingerprint density at radius 3 is 2.28 bits per heavy atom. The van der Waals surface area contributed by atoms with Crippen LogP contribution in [0.2, 0.25) is 5.02 Å². The molecule has 0 aromatic heterocycles. The molecule has 0 atom stereocenters. The van der Waals surface area contributed by atoms with Gasteiger partial charge in [0, 0.05) is 11.3 Å². The number of para-hydroxylation sites is 1. The minimum Gasteiger partial charge on any atom is -0.317 e. The van der Waals surface area contributed by atoms with E-state index in [2.05, 4.69) is 10.0 Å². The number of carbonyl (C=O) groups is 1. The number of amides is 1. The first-order valence-corrected chi connectivity index (χ1v) is 10.2. The molecule has 0 spiro atoms. The fourth-order valence-corrected chi connectivity index (χ4v) is 4.15. The fourth-order valence-electron chi connectivity index (χ4n) is 2.57. The third kappa shape index (κ3) is 4.72. The summed E-state index contributed by atoms with van der Waals surface area (Å²) >= 11 is 6.02. The van der Waals surface area contributed by atoms with E-state index in [1.54, 1.807) is 31.2 Å². The van der Waals surface area contributed by atoms with Crippen molar-refractivity contribution in [3.63, 3.8) is 0 Å². The zero-order valence-corrected chi connectivity index (χ0v) is 16.6. The minimum absolute atomic E-state index is 0.112. The number of anilines is 2. The summed E-state index contributed by atoms with van der Waals surface area (Å²) in [5, 5.41) is 1.99. The van der Waals surface area contributed by atoms with Gasteiger partial charge in [0.1, 0.15) is 22.2 Å². The molecule has 1 amide bonds. The first-order chi connectivity index (χ1) is 13.7. The van der Waals surface area contributed by atoms with E-state index in [1.165, 1.54) is 12.1 Å². The highest BCUT2D eigenvalue weighted by molar-refractivity contribution is 7.92. The highest BCUT2D eigenvalue weighted by Crippen LogP contribution is 2.26. The maximum atomic E-state index is 13.8. The van der Waals surface area contributed by atoms with E-state index in [0.717, 1.165) is 29.8 Å². The van der Waals surface area contributed by atoms with Gasteiger partial charge < -0.3 is 5.32 Å². The van der Waals surface area contributed by atoms with Crippen LogP contribution in [-0.4, -0.2) is 14.3 Å². The molecular formula is C20H15ClF2N2O3S. The molecule has 0 aliphatic carbocycles. The van der Waals surface area contributed by atoms with Crippen LogP contribution in [-0.2, 0) is 10.0 Å². The summed E-state index contributed by atoms with van der Waals surface area (Å²) in [5.41, 5.74) is 0.400. The summed E-state index contributed by atoms with van der Waals surface area (Å²) in [6, 6.07) is 13.3. The number of sulfonamides is 1. The van der Waals surface area contributed by atoms with Crippen LogP contribution in [0, 0.1) is 18.6 Å². The second-order valence-electron chi connectivity index (χ2n) is 6.17. The summed E-state index contributed by atoms with van der Waals surface area (Å²) in [6.07, 6.45) is 0. The minimum atomic E-state index is -4.12. The molecule has 3 aromatic carbocycles. The van der Waals surface area contributed by atoms with E-state index in [0.29, 0.717) is 5.69 Å². The summed E-state index contributed by atoms with van der Waals surface area (Å²) in [6.45, 7) is 1.80. The van der Waals surface area contributed by atoms with Crippen molar-refractivity contribution in [1.29, 1.82) is 0 Å². The smallest absolute Gasteiger partial charge is 0.263 e. The summed E-state index contributed by atoms with van der Waals surface area (Å²) in [5.74, 6) is -2.81. The lowest BCUT2D eigenvalue weighted by Gasteiger charge is -2.12. The lowest BCUT2D eigenvalue weighted by atomic mass is 10.2. The predicted molar refractivity (Wildman–Crippen MR) is 108 cm³/mol. The number of benzene rings is 3. The molecule has 29 heavy (non-hydrogen) atoms.